The number of hydrogen-bond donors (Lipinski definition) is 1. The minimum atomic E-state index is -0.00644. The molecule has 0 aromatic carbocycles. The van der Waals surface area contributed by atoms with Crippen molar-refractivity contribution in [3.8, 4) is 0 Å². The lowest BCUT2D eigenvalue weighted by atomic mass is 10.1. The number of ether oxygens (including phenoxy) is 1. The molecule has 1 rings (SSSR count). The molecule has 0 aromatic heterocycles. The Labute approximate surface area is 111 Å². The molecular formula is C14H28N2O2. The molecule has 1 saturated heterocycles. The van der Waals surface area contributed by atoms with Gasteiger partial charge in [0.15, 0.2) is 0 Å². The zero-order valence-corrected chi connectivity index (χ0v) is 12.2. The van der Waals surface area contributed by atoms with Gasteiger partial charge in [0, 0.05) is 13.2 Å². The van der Waals surface area contributed by atoms with Crippen molar-refractivity contribution < 1.29 is 9.53 Å². The maximum Gasteiger partial charge on any atom is 0.241 e. The van der Waals surface area contributed by atoms with Gasteiger partial charge in [-0.3, -0.25) is 10.1 Å². The van der Waals surface area contributed by atoms with Gasteiger partial charge in [-0.05, 0) is 18.8 Å². The molecule has 0 spiro atoms. The van der Waals surface area contributed by atoms with Crippen molar-refractivity contribution in [2.45, 2.75) is 59.2 Å². The van der Waals surface area contributed by atoms with E-state index in [-0.39, 0.29) is 18.1 Å². The Kier molecular flexibility index (Phi) is 6.65. The van der Waals surface area contributed by atoms with Crippen molar-refractivity contribution in [2.75, 3.05) is 19.8 Å². The van der Waals surface area contributed by atoms with Crippen LogP contribution in [0.5, 0.6) is 0 Å². The molecule has 0 bridgehead atoms. The maximum atomic E-state index is 12.2. The Morgan fingerprint density at radius 3 is 2.61 bits per heavy atom. The van der Waals surface area contributed by atoms with Gasteiger partial charge >= 0.3 is 0 Å². The smallest absolute Gasteiger partial charge is 0.241 e. The monoisotopic (exact) mass is 256 g/mol. The van der Waals surface area contributed by atoms with Crippen LogP contribution in [-0.4, -0.2) is 42.8 Å². The highest BCUT2D eigenvalue weighted by Crippen LogP contribution is 2.18. The van der Waals surface area contributed by atoms with Crippen LogP contribution in [0.25, 0.3) is 0 Å². The molecular weight excluding hydrogens is 228 g/mol. The van der Waals surface area contributed by atoms with E-state index in [0.29, 0.717) is 19.1 Å². The number of nitrogens with one attached hydrogen (secondary N) is 1. The molecule has 2 unspecified atom stereocenters. The summed E-state index contributed by atoms with van der Waals surface area (Å²) in [6.45, 7) is 10.6. The first-order chi connectivity index (χ1) is 8.61. The average molecular weight is 256 g/mol. The molecule has 1 N–H and O–H groups in total. The lowest BCUT2D eigenvalue weighted by molar-refractivity contribution is -0.131. The molecule has 1 amide bonds. The van der Waals surface area contributed by atoms with E-state index in [9.17, 15) is 4.79 Å². The number of hydrogen-bond acceptors (Lipinski definition) is 3. The van der Waals surface area contributed by atoms with Gasteiger partial charge in [0.2, 0.25) is 5.91 Å². The normalized spacial score (nSPS) is 24.3. The first-order valence-electron chi connectivity index (χ1n) is 7.26. The highest BCUT2D eigenvalue weighted by Gasteiger charge is 2.38. The largest absolute Gasteiger partial charge is 0.380 e. The van der Waals surface area contributed by atoms with E-state index in [1.807, 2.05) is 11.8 Å². The molecule has 1 fully saturated rings. The van der Waals surface area contributed by atoms with Gasteiger partial charge in [-0.15, -0.1) is 0 Å². The van der Waals surface area contributed by atoms with Crippen molar-refractivity contribution in [3.63, 3.8) is 0 Å². The van der Waals surface area contributed by atoms with Crippen LogP contribution in [0.4, 0.5) is 0 Å². The first kappa shape index (κ1) is 15.4. The predicted molar refractivity (Wildman–Crippen MR) is 73.3 cm³/mol. The molecule has 0 aliphatic carbocycles. The Morgan fingerprint density at radius 2 is 2.06 bits per heavy atom. The molecule has 18 heavy (non-hydrogen) atoms. The summed E-state index contributed by atoms with van der Waals surface area (Å²) in [4.78, 5) is 14.1. The number of rotatable bonds is 8. The molecule has 1 heterocycles. The second-order valence-corrected chi connectivity index (χ2v) is 5.31. The standard InChI is InChI=1S/C14H28N2O2/c1-5-7-9-18-10-8-16-13(11(3)4)15-12(6-2)14(16)17/h11-13,15H,5-10H2,1-4H3. The molecule has 2 atom stereocenters. The lowest BCUT2D eigenvalue weighted by Crippen LogP contribution is -2.43. The molecule has 0 saturated carbocycles. The van der Waals surface area contributed by atoms with Crippen LogP contribution >= 0.6 is 0 Å². The zero-order chi connectivity index (χ0) is 13.5. The summed E-state index contributed by atoms with van der Waals surface area (Å²) in [6, 6.07) is -0.00644. The number of amides is 1. The lowest BCUT2D eigenvalue weighted by Gasteiger charge is -2.27. The van der Waals surface area contributed by atoms with Crippen molar-refractivity contribution in [1.29, 1.82) is 0 Å². The van der Waals surface area contributed by atoms with Gasteiger partial charge in [0.25, 0.3) is 0 Å². The predicted octanol–water partition coefficient (Wildman–Crippen LogP) is 2.00. The van der Waals surface area contributed by atoms with Crippen molar-refractivity contribution >= 4 is 5.91 Å². The summed E-state index contributed by atoms with van der Waals surface area (Å²) >= 11 is 0. The van der Waals surface area contributed by atoms with E-state index in [4.69, 9.17) is 4.74 Å². The van der Waals surface area contributed by atoms with Crippen molar-refractivity contribution in [1.82, 2.24) is 10.2 Å². The van der Waals surface area contributed by atoms with Gasteiger partial charge in [0.05, 0.1) is 18.8 Å². The fourth-order valence-electron chi connectivity index (χ4n) is 2.31. The van der Waals surface area contributed by atoms with Crippen LogP contribution in [0.3, 0.4) is 0 Å². The second kappa shape index (κ2) is 7.74. The van der Waals surface area contributed by atoms with Crippen LogP contribution in [0.1, 0.15) is 47.0 Å². The quantitative estimate of drug-likeness (QED) is 0.675. The fraction of sp³-hybridized carbons (Fsp3) is 0.929. The van der Waals surface area contributed by atoms with E-state index in [0.717, 1.165) is 25.9 Å². The summed E-state index contributed by atoms with van der Waals surface area (Å²) in [6.07, 6.45) is 3.26. The third-order valence-electron chi connectivity index (χ3n) is 3.45. The molecule has 1 aliphatic heterocycles. The highest BCUT2D eigenvalue weighted by molar-refractivity contribution is 5.84. The molecule has 4 heteroatoms. The van der Waals surface area contributed by atoms with E-state index >= 15 is 0 Å². The van der Waals surface area contributed by atoms with Gasteiger partial charge in [-0.2, -0.15) is 0 Å². The molecule has 1 aliphatic rings. The summed E-state index contributed by atoms with van der Waals surface area (Å²) < 4.78 is 5.56. The van der Waals surface area contributed by atoms with E-state index < -0.39 is 0 Å². The number of carbonyl (C=O) groups excluding carboxylic acids is 1. The Hall–Kier alpha value is -0.610. The second-order valence-electron chi connectivity index (χ2n) is 5.31. The van der Waals surface area contributed by atoms with Gasteiger partial charge in [-0.25, -0.2) is 0 Å². The summed E-state index contributed by atoms with van der Waals surface area (Å²) in [5, 5.41) is 3.41. The van der Waals surface area contributed by atoms with Crippen molar-refractivity contribution in [3.05, 3.63) is 0 Å². The first-order valence-corrected chi connectivity index (χ1v) is 7.26. The maximum absolute atomic E-state index is 12.2. The number of unbranched alkanes of at least 4 members (excludes halogenated alkanes) is 1. The minimum absolute atomic E-state index is 0.00644. The van der Waals surface area contributed by atoms with E-state index in [1.54, 1.807) is 0 Å². The SMILES string of the molecule is CCCCOCCN1C(=O)C(CC)NC1C(C)C. The van der Waals surface area contributed by atoms with E-state index in [1.165, 1.54) is 0 Å². The summed E-state index contributed by atoms with van der Waals surface area (Å²) in [7, 11) is 0. The molecule has 0 aromatic rings. The topological polar surface area (TPSA) is 41.6 Å². The van der Waals surface area contributed by atoms with Crippen LogP contribution in [0.2, 0.25) is 0 Å². The number of nitrogens with zero attached hydrogens (tertiary/aromatic N) is 1. The van der Waals surface area contributed by atoms with Gasteiger partial charge < -0.3 is 9.64 Å². The number of carbonyl (C=O) groups is 1. The molecule has 0 radical (unpaired) electrons. The highest BCUT2D eigenvalue weighted by atomic mass is 16.5. The minimum Gasteiger partial charge on any atom is -0.380 e. The van der Waals surface area contributed by atoms with Gasteiger partial charge in [-0.1, -0.05) is 34.1 Å². The van der Waals surface area contributed by atoms with E-state index in [2.05, 4.69) is 26.1 Å². The Morgan fingerprint density at radius 1 is 1.33 bits per heavy atom. The Balaban J connectivity index is 2.42. The third kappa shape index (κ3) is 3.95. The average Bonchev–Trinajstić information content (AvgIpc) is 2.66. The fourth-order valence-corrected chi connectivity index (χ4v) is 2.31. The van der Waals surface area contributed by atoms with Crippen LogP contribution in [-0.2, 0) is 9.53 Å². The molecule has 4 nitrogen and oxygen atoms in total. The van der Waals surface area contributed by atoms with Crippen LogP contribution in [0, 0.1) is 5.92 Å². The van der Waals surface area contributed by atoms with Crippen molar-refractivity contribution in [2.24, 2.45) is 5.92 Å². The Bertz CT molecular complexity index is 256. The molecule has 106 valence electrons. The third-order valence-corrected chi connectivity index (χ3v) is 3.45. The van der Waals surface area contributed by atoms with Crippen LogP contribution in [0.15, 0.2) is 0 Å². The van der Waals surface area contributed by atoms with Crippen LogP contribution < -0.4 is 5.32 Å². The zero-order valence-electron chi connectivity index (χ0n) is 12.2. The summed E-state index contributed by atoms with van der Waals surface area (Å²) in [5.74, 6) is 0.663. The van der Waals surface area contributed by atoms with Gasteiger partial charge in [0.1, 0.15) is 0 Å². The summed E-state index contributed by atoms with van der Waals surface area (Å²) in [5.41, 5.74) is 0.